The Kier molecular flexibility index (Phi) is 3.48. The molecule has 2 unspecified atom stereocenters. The summed E-state index contributed by atoms with van der Waals surface area (Å²) in [6.07, 6.45) is 7.15. The molecule has 2 aliphatic carbocycles. The summed E-state index contributed by atoms with van der Waals surface area (Å²) in [6, 6.07) is 6.55. The largest absolute Gasteiger partial charge is 0.394 e. The summed E-state index contributed by atoms with van der Waals surface area (Å²) < 4.78 is 13.3. The van der Waals surface area contributed by atoms with Gasteiger partial charge in [0.25, 0.3) is 0 Å². The van der Waals surface area contributed by atoms with Crippen molar-refractivity contribution < 1.29 is 9.50 Å². The molecule has 0 saturated heterocycles. The molecule has 0 aliphatic heterocycles. The highest BCUT2D eigenvalue weighted by molar-refractivity contribution is 5.46. The van der Waals surface area contributed by atoms with Crippen LogP contribution in [0.3, 0.4) is 0 Å². The van der Waals surface area contributed by atoms with Gasteiger partial charge in [0.2, 0.25) is 0 Å². The summed E-state index contributed by atoms with van der Waals surface area (Å²) in [4.78, 5) is 0. The predicted octanol–water partition coefficient (Wildman–Crippen LogP) is 3.57. The molecule has 0 bridgehead atoms. The number of hydrogen-bond acceptors (Lipinski definition) is 2. The molecule has 19 heavy (non-hydrogen) atoms. The molecule has 2 saturated carbocycles. The molecule has 0 heterocycles. The van der Waals surface area contributed by atoms with Crippen LogP contribution in [-0.2, 0) is 0 Å². The number of aliphatic hydroxyl groups is 1. The van der Waals surface area contributed by atoms with Gasteiger partial charge in [0, 0.05) is 5.69 Å². The van der Waals surface area contributed by atoms with E-state index in [1.54, 1.807) is 6.07 Å². The van der Waals surface area contributed by atoms with Gasteiger partial charge in [-0.1, -0.05) is 18.9 Å². The maximum atomic E-state index is 13.3. The third-order valence-corrected chi connectivity index (χ3v) is 4.71. The number of hydrogen-bond donors (Lipinski definition) is 2. The van der Waals surface area contributed by atoms with Crippen molar-refractivity contribution in [3.8, 4) is 0 Å². The average Bonchev–Trinajstić information content (AvgIpc) is 3.23. The Labute approximate surface area is 114 Å². The second-order valence-corrected chi connectivity index (χ2v) is 6.27. The van der Waals surface area contributed by atoms with Crippen molar-refractivity contribution in [2.45, 2.75) is 44.1 Å². The van der Waals surface area contributed by atoms with Gasteiger partial charge in [0.05, 0.1) is 12.1 Å². The molecule has 2 N–H and O–H groups in total. The molecule has 3 rings (SSSR count). The second kappa shape index (κ2) is 5.12. The molecule has 104 valence electrons. The van der Waals surface area contributed by atoms with Crippen LogP contribution in [0.15, 0.2) is 24.3 Å². The van der Waals surface area contributed by atoms with Crippen molar-refractivity contribution in [2.75, 3.05) is 11.9 Å². The predicted molar refractivity (Wildman–Crippen MR) is 74.5 cm³/mol. The number of nitrogens with one attached hydrogen (secondary N) is 1. The van der Waals surface area contributed by atoms with E-state index in [9.17, 15) is 9.50 Å². The van der Waals surface area contributed by atoms with Gasteiger partial charge in [0.15, 0.2) is 0 Å². The SMILES string of the molecule is OCC1(Nc2cccc(F)c2)CCCC(C2CC2)C1. The first-order valence-corrected chi connectivity index (χ1v) is 7.35. The van der Waals surface area contributed by atoms with Gasteiger partial charge in [-0.15, -0.1) is 0 Å². The van der Waals surface area contributed by atoms with Gasteiger partial charge in [-0.25, -0.2) is 4.39 Å². The summed E-state index contributed by atoms with van der Waals surface area (Å²) >= 11 is 0. The lowest BCUT2D eigenvalue weighted by Crippen LogP contribution is -2.46. The molecule has 0 radical (unpaired) electrons. The van der Waals surface area contributed by atoms with Crippen molar-refractivity contribution in [2.24, 2.45) is 11.8 Å². The first-order valence-electron chi connectivity index (χ1n) is 7.35. The van der Waals surface area contributed by atoms with Crippen LogP contribution in [0, 0.1) is 17.7 Å². The monoisotopic (exact) mass is 263 g/mol. The Morgan fingerprint density at radius 2 is 2.11 bits per heavy atom. The van der Waals surface area contributed by atoms with E-state index >= 15 is 0 Å². The Morgan fingerprint density at radius 1 is 1.26 bits per heavy atom. The standard InChI is InChI=1S/C16H22FNO/c17-14-4-1-5-15(9-14)18-16(11-19)8-2-3-13(10-16)12-6-7-12/h1,4-5,9,12-13,18-19H,2-3,6-8,10-11H2. The minimum Gasteiger partial charge on any atom is -0.394 e. The zero-order chi connectivity index (χ0) is 13.3. The second-order valence-electron chi connectivity index (χ2n) is 6.27. The molecule has 1 aromatic carbocycles. The van der Waals surface area contributed by atoms with E-state index in [4.69, 9.17) is 0 Å². The topological polar surface area (TPSA) is 32.3 Å². The number of anilines is 1. The van der Waals surface area contributed by atoms with E-state index in [2.05, 4.69) is 5.32 Å². The highest BCUT2D eigenvalue weighted by atomic mass is 19.1. The van der Waals surface area contributed by atoms with E-state index in [1.165, 1.54) is 31.4 Å². The fraction of sp³-hybridized carbons (Fsp3) is 0.625. The minimum atomic E-state index is -0.251. The highest BCUT2D eigenvalue weighted by Crippen LogP contribution is 2.47. The smallest absolute Gasteiger partial charge is 0.125 e. The van der Waals surface area contributed by atoms with E-state index in [0.717, 1.165) is 36.8 Å². The number of halogens is 1. The van der Waals surface area contributed by atoms with E-state index in [0.29, 0.717) is 0 Å². The summed E-state index contributed by atoms with van der Waals surface area (Å²) in [5.41, 5.74) is 0.532. The van der Waals surface area contributed by atoms with Crippen molar-refractivity contribution in [3.05, 3.63) is 30.1 Å². The Balaban J connectivity index is 1.74. The molecule has 3 heteroatoms. The van der Waals surface area contributed by atoms with Crippen molar-refractivity contribution in [3.63, 3.8) is 0 Å². The summed E-state index contributed by atoms with van der Waals surface area (Å²) in [7, 11) is 0. The first-order chi connectivity index (χ1) is 9.21. The van der Waals surface area contributed by atoms with Gasteiger partial charge in [-0.3, -0.25) is 0 Å². The van der Waals surface area contributed by atoms with Gasteiger partial charge in [0.1, 0.15) is 5.82 Å². The lowest BCUT2D eigenvalue weighted by atomic mass is 9.74. The van der Waals surface area contributed by atoms with Gasteiger partial charge >= 0.3 is 0 Å². The van der Waals surface area contributed by atoms with Crippen molar-refractivity contribution in [1.82, 2.24) is 0 Å². The maximum Gasteiger partial charge on any atom is 0.125 e. The Hall–Kier alpha value is -1.09. The number of rotatable bonds is 4. The molecular formula is C16H22FNO. The third-order valence-electron chi connectivity index (χ3n) is 4.71. The fourth-order valence-electron chi connectivity index (χ4n) is 3.55. The molecule has 2 aliphatic rings. The third kappa shape index (κ3) is 2.92. The lowest BCUT2D eigenvalue weighted by Gasteiger charge is -2.41. The summed E-state index contributed by atoms with van der Waals surface area (Å²) in [6.45, 7) is 0.132. The molecular weight excluding hydrogens is 241 g/mol. The average molecular weight is 263 g/mol. The molecule has 0 spiro atoms. The normalized spacial score (nSPS) is 31.2. The van der Waals surface area contributed by atoms with Gasteiger partial charge in [-0.2, -0.15) is 0 Å². The van der Waals surface area contributed by atoms with Gasteiger partial charge < -0.3 is 10.4 Å². The van der Waals surface area contributed by atoms with Gasteiger partial charge in [-0.05, 0) is 55.7 Å². The number of benzene rings is 1. The molecule has 1 aromatic rings. The van der Waals surface area contributed by atoms with Crippen LogP contribution >= 0.6 is 0 Å². The van der Waals surface area contributed by atoms with Crippen molar-refractivity contribution >= 4 is 5.69 Å². The quantitative estimate of drug-likeness (QED) is 0.870. The lowest BCUT2D eigenvalue weighted by molar-refractivity contribution is 0.136. The van der Waals surface area contributed by atoms with Crippen molar-refractivity contribution in [1.29, 1.82) is 0 Å². The number of aliphatic hydroxyl groups excluding tert-OH is 1. The van der Waals surface area contributed by atoms with Crippen LogP contribution in [0.2, 0.25) is 0 Å². The van der Waals surface area contributed by atoms with Crippen LogP contribution in [0.4, 0.5) is 10.1 Å². The molecule has 0 aromatic heterocycles. The Bertz CT molecular complexity index is 446. The van der Waals surface area contributed by atoms with Crippen LogP contribution in [0.1, 0.15) is 38.5 Å². The van der Waals surface area contributed by atoms with Crippen LogP contribution < -0.4 is 5.32 Å². The molecule has 0 amide bonds. The van der Waals surface area contributed by atoms with E-state index in [1.807, 2.05) is 6.07 Å². The molecule has 2 nitrogen and oxygen atoms in total. The summed E-state index contributed by atoms with van der Waals surface area (Å²) in [5, 5.41) is 13.2. The van der Waals surface area contributed by atoms with Crippen LogP contribution in [0.25, 0.3) is 0 Å². The van der Waals surface area contributed by atoms with E-state index < -0.39 is 0 Å². The minimum absolute atomic E-state index is 0.132. The van der Waals surface area contributed by atoms with Crippen LogP contribution in [0.5, 0.6) is 0 Å². The maximum absolute atomic E-state index is 13.3. The fourth-order valence-corrected chi connectivity index (χ4v) is 3.55. The zero-order valence-electron chi connectivity index (χ0n) is 11.2. The highest BCUT2D eigenvalue weighted by Gasteiger charge is 2.41. The zero-order valence-corrected chi connectivity index (χ0v) is 11.2. The Morgan fingerprint density at radius 3 is 2.79 bits per heavy atom. The molecule has 2 fully saturated rings. The van der Waals surface area contributed by atoms with Crippen LogP contribution in [-0.4, -0.2) is 17.3 Å². The molecule has 2 atom stereocenters. The summed E-state index contributed by atoms with van der Waals surface area (Å²) in [5.74, 6) is 1.38. The first kappa shape index (κ1) is 12.9. The van der Waals surface area contributed by atoms with E-state index in [-0.39, 0.29) is 18.0 Å².